The first-order valence-electron chi connectivity index (χ1n) is 12.3. The number of aromatic nitrogens is 2. The zero-order valence-corrected chi connectivity index (χ0v) is 21.4. The molecule has 5 rings (SSSR count). The number of carbonyl (C=O) groups is 1. The van der Waals surface area contributed by atoms with E-state index < -0.39 is 7.29 Å². The van der Waals surface area contributed by atoms with Crippen molar-refractivity contribution in [3.05, 3.63) is 114 Å². The van der Waals surface area contributed by atoms with Gasteiger partial charge in [0.2, 0.25) is 13.2 Å². The average molecular weight is 499 g/mol. The number of hydrogen-bond acceptors (Lipinski definition) is 3. The van der Waals surface area contributed by atoms with Crippen LogP contribution in [-0.2, 0) is 23.0 Å². The predicted molar refractivity (Wildman–Crippen MR) is 143 cm³/mol. The third-order valence-electron chi connectivity index (χ3n) is 6.93. The van der Waals surface area contributed by atoms with Crippen molar-refractivity contribution in [2.45, 2.75) is 25.9 Å². The smallest absolute Gasteiger partial charge is 0.223 e. The first-order valence-corrected chi connectivity index (χ1v) is 14.0. The second-order valence-electron chi connectivity index (χ2n) is 9.42. The molecule has 1 fully saturated rings. The van der Waals surface area contributed by atoms with Crippen LogP contribution >= 0.6 is 7.29 Å². The van der Waals surface area contributed by atoms with E-state index in [0.29, 0.717) is 6.54 Å². The van der Waals surface area contributed by atoms with Crippen LogP contribution in [0.15, 0.2) is 97.1 Å². The Bertz CT molecular complexity index is 1310. The Hall–Kier alpha value is -3.47. The van der Waals surface area contributed by atoms with Crippen LogP contribution in [0.2, 0.25) is 0 Å². The third-order valence-corrected chi connectivity index (χ3v) is 9.62. The van der Waals surface area contributed by atoms with E-state index in [9.17, 15) is 9.36 Å². The average Bonchev–Trinajstić information content (AvgIpc) is 3.65. The van der Waals surface area contributed by atoms with Crippen LogP contribution in [0.3, 0.4) is 0 Å². The molecule has 0 saturated heterocycles. The lowest BCUT2D eigenvalue weighted by molar-refractivity contribution is -0.122. The molecule has 184 valence electrons. The summed E-state index contributed by atoms with van der Waals surface area (Å²) < 4.78 is 16.5. The van der Waals surface area contributed by atoms with E-state index in [1.165, 1.54) is 0 Å². The summed E-state index contributed by atoms with van der Waals surface area (Å²) in [4.78, 5) is 13.1. The van der Waals surface area contributed by atoms with Crippen LogP contribution in [0.4, 0.5) is 0 Å². The molecule has 3 aromatic carbocycles. The second-order valence-corrected chi connectivity index (χ2v) is 11.9. The molecule has 3 atom stereocenters. The summed E-state index contributed by atoms with van der Waals surface area (Å²) in [7, 11) is -1.28. The molecule has 1 amide bonds. The molecule has 0 bridgehead atoms. The maximum absolute atomic E-state index is 14.7. The van der Waals surface area contributed by atoms with Crippen molar-refractivity contribution in [2.24, 2.45) is 18.9 Å². The van der Waals surface area contributed by atoms with Crippen molar-refractivity contribution in [1.29, 1.82) is 0 Å². The highest BCUT2D eigenvalue weighted by atomic mass is 31.2. The van der Waals surface area contributed by atoms with Crippen LogP contribution in [0, 0.1) is 18.8 Å². The summed E-state index contributed by atoms with van der Waals surface area (Å²) in [6.07, 6.45) is 0.739. The molecule has 36 heavy (non-hydrogen) atoms. The minimum atomic E-state index is -3.18. The molecular weight excluding hydrogens is 467 g/mol. The lowest BCUT2D eigenvalue weighted by Gasteiger charge is -2.28. The van der Waals surface area contributed by atoms with E-state index in [4.69, 9.17) is 0 Å². The zero-order valence-electron chi connectivity index (χ0n) is 20.5. The number of rotatable bonds is 9. The maximum atomic E-state index is 14.7. The number of nitrogens with one attached hydrogen (secondary N) is 2. The second kappa shape index (κ2) is 10.3. The Balaban J connectivity index is 1.40. The lowest BCUT2D eigenvalue weighted by Crippen LogP contribution is -2.33. The molecule has 0 spiro atoms. The molecule has 6 nitrogen and oxygen atoms in total. The molecule has 7 heteroatoms. The molecular formula is C29H31N4O2P. The van der Waals surface area contributed by atoms with Crippen molar-refractivity contribution >= 4 is 23.8 Å². The fourth-order valence-corrected chi connectivity index (χ4v) is 7.27. The highest BCUT2D eigenvalue weighted by Crippen LogP contribution is 2.52. The summed E-state index contributed by atoms with van der Waals surface area (Å²) in [6.45, 7) is 2.39. The molecule has 1 aliphatic rings. The van der Waals surface area contributed by atoms with Gasteiger partial charge in [-0.25, -0.2) is 0 Å². The van der Waals surface area contributed by atoms with E-state index in [1.807, 2.05) is 116 Å². The molecule has 1 aliphatic carbocycles. The van der Waals surface area contributed by atoms with Crippen molar-refractivity contribution < 1.29 is 9.36 Å². The highest BCUT2D eigenvalue weighted by Gasteiger charge is 2.50. The summed E-state index contributed by atoms with van der Waals surface area (Å²) in [5, 5.41) is 12.6. The number of hydrogen-bond donors (Lipinski definition) is 2. The minimum Gasteiger partial charge on any atom is -0.350 e. The highest BCUT2D eigenvalue weighted by molar-refractivity contribution is 7.76. The van der Waals surface area contributed by atoms with E-state index in [-0.39, 0.29) is 23.8 Å². The van der Waals surface area contributed by atoms with Gasteiger partial charge in [0.15, 0.2) is 0 Å². The van der Waals surface area contributed by atoms with Gasteiger partial charge in [-0.05, 0) is 55.2 Å². The maximum Gasteiger partial charge on any atom is 0.223 e. The molecule has 1 saturated carbocycles. The Labute approximate surface area is 212 Å². The number of amides is 1. The number of benzene rings is 3. The Kier molecular flexibility index (Phi) is 6.90. The normalized spacial score (nSPS) is 17.9. The van der Waals surface area contributed by atoms with Crippen LogP contribution < -0.4 is 21.0 Å². The largest absolute Gasteiger partial charge is 0.350 e. The van der Waals surface area contributed by atoms with Gasteiger partial charge >= 0.3 is 0 Å². The zero-order chi connectivity index (χ0) is 25.1. The van der Waals surface area contributed by atoms with Crippen molar-refractivity contribution in [3.63, 3.8) is 0 Å². The first-order chi connectivity index (χ1) is 17.5. The molecule has 2 N–H and O–H groups in total. The van der Waals surface area contributed by atoms with Gasteiger partial charge in [-0.1, -0.05) is 66.7 Å². The van der Waals surface area contributed by atoms with Gasteiger partial charge in [0, 0.05) is 35.3 Å². The fourth-order valence-electron chi connectivity index (χ4n) is 4.76. The van der Waals surface area contributed by atoms with Crippen molar-refractivity contribution in [1.82, 2.24) is 20.2 Å². The number of carbonyl (C=O) groups excluding carboxylic acids is 1. The van der Waals surface area contributed by atoms with Gasteiger partial charge in [0.1, 0.15) is 0 Å². The van der Waals surface area contributed by atoms with Crippen molar-refractivity contribution in [3.8, 4) is 0 Å². The molecule has 4 aromatic rings. The monoisotopic (exact) mass is 498 g/mol. The van der Waals surface area contributed by atoms with Gasteiger partial charge in [0.05, 0.1) is 12.2 Å². The SMILES string of the molecule is Cc1cc(CNC(=O)[C@H]2C[C@H]2[C@H](NP(=O)(c2ccccc2)c2ccccc2)c2ccccc2)nn1C. The minimum absolute atomic E-state index is 0.0142. The number of aryl methyl sites for hydroxylation is 2. The van der Waals surface area contributed by atoms with Crippen LogP contribution in [-0.4, -0.2) is 15.7 Å². The number of nitrogens with zero attached hydrogens (tertiary/aromatic N) is 2. The molecule has 0 radical (unpaired) electrons. The molecule has 0 aliphatic heterocycles. The van der Waals surface area contributed by atoms with E-state index >= 15 is 0 Å². The Morgan fingerprint density at radius 2 is 1.53 bits per heavy atom. The van der Waals surface area contributed by atoms with Gasteiger partial charge in [-0.15, -0.1) is 0 Å². The summed E-state index contributed by atoms with van der Waals surface area (Å²) in [5.74, 6) is -0.0913. The summed E-state index contributed by atoms with van der Waals surface area (Å²) in [5.41, 5.74) is 2.93. The third kappa shape index (κ3) is 5.06. The Morgan fingerprint density at radius 3 is 2.06 bits per heavy atom. The van der Waals surface area contributed by atoms with Gasteiger partial charge < -0.3 is 5.32 Å². The Morgan fingerprint density at radius 1 is 0.972 bits per heavy atom. The summed E-state index contributed by atoms with van der Waals surface area (Å²) in [6, 6.07) is 30.9. The van der Waals surface area contributed by atoms with Crippen LogP contribution in [0.5, 0.6) is 0 Å². The molecule has 0 unspecified atom stereocenters. The standard InChI is InChI=1S/C29H31N4O2P/c1-21-18-23(31-33(21)2)20-30-29(34)27-19-26(27)28(22-12-6-3-7-13-22)32-36(35,24-14-8-4-9-15-24)25-16-10-5-11-17-25/h3-18,26-28H,19-20H2,1-2H3,(H,30,34)(H,32,35)/t26-,27+,28-/m1/s1. The lowest BCUT2D eigenvalue weighted by atomic mass is 10.0. The van der Waals surface area contributed by atoms with Crippen LogP contribution in [0.1, 0.15) is 29.4 Å². The first kappa shape index (κ1) is 24.2. The predicted octanol–water partition coefficient (Wildman–Crippen LogP) is 4.24. The van der Waals surface area contributed by atoms with Gasteiger partial charge in [-0.3, -0.25) is 19.1 Å². The van der Waals surface area contributed by atoms with E-state index in [2.05, 4.69) is 15.5 Å². The topological polar surface area (TPSA) is 76.0 Å². The van der Waals surface area contributed by atoms with Gasteiger partial charge in [0.25, 0.3) is 0 Å². The molecule has 1 aromatic heterocycles. The van der Waals surface area contributed by atoms with E-state index in [1.54, 1.807) is 0 Å². The van der Waals surface area contributed by atoms with Gasteiger partial charge in [-0.2, -0.15) is 5.10 Å². The van der Waals surface area contributed by atoms with Crippen molar-refractivity contribution in [2.75, 3.05) is 0 Å². The van der Waals surface area contributed by atoms with E-state index in [0.717, 1.165) is 34.0 Å². The molecule has 1 heterocycles. The fraction of sp³-hybridized carbons (Fsp3) is 0.241. The summed E-state index contributed by atoms with van der Waals surface area (Å²) >= 11 is 0. The van der Waals surface area contributed by atoms with Crippen LogP contribution in [0.25, 0.3) is 0 Å². The quantitative estimate of drug-likeness (QED) is 0.339.